The van der Waals surface area contributed by atoms with Crippen LogP contribution in [0.3, 0.4) is 0 Å². The number of hydrogen-bond acceptors (Lipinski definition) is 5. The van der Waals surface area contributed by atoms with Crippen LogP contribution >= 0.6 is 39.1 Å². The lowest BCUT2D eigenvalue weighted by Crippen LogP contribution is -2.44. The molecule has 2 amide bonds. The van der Waals surface area contributed by atoms with Crippen LogP contribution < -0.4 is 9.64 Å². The smallest absolute Gasteiger partial charge is 0.325 e. The Balaban J connectivity index is 1.53. The summed E-state index contributed by atoms with van der Waals surface area (Å²) >= 11 is 15.8. The third kappa shape index (κ3) is 6.79. The number of rotatable bonds is 7. The first-order valence-electron chi connectivity index (χ1n) is 12.2. The van der Waals surface area contributed by atoms with Crippen LogP contribution in [-0.2, 0) is 28.9 Å². The molecule has 0 unspecified atom stereocenters. The monoisotopic (exact) mass is 619 g/mol. The summed E-state index contributed by atoms with van der Waals surface area (Å²) in [5.74, 6) is 1.51. The molecular weight excluding hydrogens is 593 g/mol. The molecule has 200 valence electrons. The number of benzene rings is 2. The number of carbonyl (C=O) groups is 2. The largest absolute Gasteiger partial charge is 0.469 e. The van der Waals surface area contributed by atoms with Crippen LogP contribution in [-0.4, -0.2) is 42.6 Å². The molecule has 0 bridgehead atoms. The molecule has 2 aromatic carbocycles. The molecule has 0 fully saturated rings. The van der Waals surface area contributed by atoms with E-state index in [0.717, 1.165) is 39.7 Å². The van der Waals surface area contributed by atoms with Gasteiger partial charge in [0.1, 0.15) is 17.3 Å². The van der Waals surface area contributed by atoms with E-state index in [2.05, 4.69) is 22.0 Å². The first-order valence-corrected chi connectivity index (χ1v) is 13.7. The number of pyridine rings is 1. The summed E-state index contributed by atoms with van der Waals surface area (Å²) in [6, 6.07) is 12.6. The molecule has 2 heterocycles. The molecule has 4 rings (SSSR count). The Kier molecular flexibility index (Phi) is 9.18. The average Bonchev–Trinajstić information content (AvgIpc) is 2.87. The number of methoxy groups -OCH3 is 1. The van der Waals surface area contributed by atoms with Crippen LogP contribution in [0.2, 0.25) is 10.0 Å². The van der Waals surface area contributed by atoms with Crippen LogP contribution in [0, 0.1) is 6.92 Å². The maximum absolute atomic E-state index is 13.6. The lowest BCUT2D eigenvalue weighted by Gasteiger charge is -2.32. The molecule has 0 atom stereocenters. The summed E-state index contributed by atoms with van der Waals surface area (Å²) in [4.78, 5) is 33.4. The lowest BCUT2D eigenvalue weighted by atomic mass is 10.00. The average molecular weight is 621 g/mol. The predicted octanol–water partition coefficient (Wildman–Crippen LogP) is 7.36. The van der Waals surface area contributed by atoms with Gasteiger partial charge in [-0.2, -0.15) is 0 Å². The summed E-state index contributed by atoms with van der Waals surface area (Å²) in [7, 11) is 3.15. The number of halogens is 3. The van der Waals surface area contributed by atoms with Crippen LogP contribution in [0.5, 0.6) is 11.5 Å². The van der Waals surface area contributed by atoms with Crippen molar-refractivity contribution in [2.45, 2.75) is 39.2 Å². The van der Waals surface area contributed by atoms with Gasteiger partial charge in [-0.1, -0.05) is 51.3 Å². The van der Waals surface area contributed by atoms with Crippen molar-refractivity contribution in [2.24, 2.45) is 0 Å². The van der Waals surface area contributed by atoms with E-state index in [1.54, 1.807) is 35.0 Å². The van der Waals surface area contributed by atoms with Crippen molar-refractivity contribution in [3.05, 3.63) is 79.4 Å². The second kappa shape index (κ2) is 12.4. The molecule has 10 heteroatoms. The van der Waals surface area contributed by atoms with Crippen molar-refractivity contribution in [2.75, 3.05) is 25.6 Å². The van der Waals surface area contributed by atoms with Gasteiger partial charge in [0.2, 0.25) is 0 Å². The van der Waals surface area contributed by atoms with Crippen molar-refractivity contribution >= 4 is 57.0 Å². The van der Waals surface area contributed by atoms with Crippen LogP contribution in [0.15, 0.2) is 46.9 Å². The van der Waals surface area contributed by atoms with Gasteiger partial charge < -0.3 is 14.4 Å². The zero-order valence-corrected chi connectivity index (χ0v) is 24.5. The normalized spacial score (nSPS) is 12.6. The van der Waals surface area contributed by atoms with E-state index in [4.69, 9.17) is 37.7 Å². The number of aromatic nitrogens is 1. The Labute approximate surface area is 240 Å². The van der Waals surface area contributed by atoms with Crippen molar-refractivity contribution < 1.29 is 19.1 Å². The predicted molar refractivity (Wildman–Crippen MR) is 153 cm³/mol. The lowest BCUT2D eigenvalue weighted by molar-refractivity contribution is -0.140. The van der Waals surface area contributed by atoms with Gasteiger partial charge >= 0.3 is 12.0 Å². The SMILES string of the molecule is COC(=O)CCc1cc2c(nc1C)N(C(=O)N(C)Cc1ccc(Br)cc1Oc1cc(Cl)cc(Cl)c1)CCC2. The molecule has 0 radical (unpaired) electrons. The number of fused-ring (bicyclic) bond motifs is 1. The number of hydrogen-bond donors (Lipinski definition) is 0. The Morgan fingerprint density at radius 1 is 1.11 bits per heavy atom. The third-order valence-corrected chi connectivity index (χ3v) is 7.27. The highest BCUT2D eigenvalue weighted by Crippen LogP contribution is 2.33. The maximum Gasteiger partial charge on any atom is 0.325 e. The molecule has 1 aliphatic rings. The van der Waals surface area contributed by atoms with Gasteiger partial charge in [-0.15, -0.1) is 0 Å². The van der Waals surface area contributed by atoms with E-state index in [9.17, 15) is 9.59 Å². The summed E-state index contributed by atoms with van der Waals surface area (Å²) in [6.07, 6.45) is 2.50. The molecule has 0 saturated carbocycles. The van der Waals surface area contributed by atoms with Crippen LogP contribution in [0.4, 0.5) is 10.6 Å². The Hall–Kier alpha value is -2.81. The second-order valence-corrected chi connectivity index (χ2v) is 10.9. The number of urea groups is 1. The molecule has 7 nitrogen and oxygen atoms in total. The summed E-state index contributed by atoms with van der Waals surface area (Å²) in [5, 5.41) is 0.938. The zero-order valence-electron chi connectivity index (χ0n) is 21.4. The van der Waals surface area contributed by atoms with Gasteiger partial charge in [0.05, 0.1) is 13.7 Å². The Bertz CT molecular complexity index is 1350. The van der Waals surface area contributed by atoms with Crippen molar-refractivity contribution in [3.63, 3.8) is 0 Å². The summed E-state index contributed by atoms with van der Waals surface area (Å²) in [6.45, 7) is 2.80. The number of ether oxygens (including phenoxy) is 2. The van der Waals surface area contributed by atoms with Gasteiger partial charge in [0, 0.05) is 45.8 Å². The minimum Gasteiger partial charge on any atom is -0.469 e. The summed E-state index contributed by atoms with van der Waals surface area (Å²) in [5.41, 5.74) is 3.63. The number of aryl methyl sites for hydroxylation is 3. The number of esters is 1. The standard InChI is InChI=1S/C28H28BrCl2N3O4/c1-17-18(7-9-26(35)37-3)11-19-5-4-10-34(27(19)32-17)28(36)33(2)16-20-6-8-21(29)12-25(20)38-24-14-22(30)13-23(31)15-24/h6,8,11-15H,4-5,7,9-10,16H2,1-3H3. The van der Waals surface area contributed by atoms with E-state index < -0.39 is 0 Å². The quantitative estimate of drug-likeness (QED) is 0.258. The highest BCUT2D eigenvalue weighted by molar-refractivity contribution is 9.10. The van der Waals surface area contributed by atoms with E-state index in [0.29, 0.717) is 53.3 Å². The van der Waals surface area contributed by atoms with Gasteiger partial charge in [-0.25, -0.2) is 9.78 Å². The molecule has 0 aliphatic carbocycles. The maximum atomic E-state index is 13.6. The second-order valence-electron chi connectivity index (χ2n) is 9.14. The molecule has 0 N–H and O–H groups in total. The fourth-order valence-corrected chi connectivity index (χ4v) is 5.25. The first kappa shape index (κ1) is 28.2. The van der Waals surface area contributed by atoms with Gasteiger partial charge in [-0.05, 0) is 67.6 Å². The topological polar surface area (TPSA) is 72.0 Å². The van der Waals surface area contributed by atoms with Gasteiger partial charge in [0.15, 0.2) is 0 Å². The first-order chi connectivity index (χ1) is 18.1. The fraction of sp³-hybridized carbons (Fsp3) is 0.321. The van der Waals surface area contributed by atoms with Crippen molar-refractivity contribution in [1.29, 1.82) is 0 Å². The minimum atomic E-state index is -0.254. The Morgan fingerprint density at radius 3 is 2.55 bits per heavy atom. The molecule has 0 spiro atoms. The molecular formula is C28H28BrCl2N3O4. The molecule has 0 saturated heterocycles. The van der Waals surface area contributed by atoms with E-state index in [1.165, 1.54) is 7.11 Å². The third-order valence-electron chi connectivity index (χ3n) is 6.34. The van der Waals surface area contributed by atoms with E-state index in [1.807, 2.05) is 25.1 Å². The number of nitrogens with zero attached hydrogens (tertiary/aromatic N) is 3. The molecule has 38 heavy (non-hydrogen) atoms. The Morgan fingerprint density at radius 2 is 1.84 bits per heavy atom. The highest BCUT2D eigenvalue weighted by Gasteiger charge is 2.28. The molecule has 1 aromatic heterocycles. The van der Waals surface area contributed by atoms with Crippen LogP contribution in [0.1, 0.15) is 35.2 Å². The molecule has 3 aromatic rings. The number of amides is 2. The fourth-order valence-electron chi connectivity index (χ4n) is 4.41. The van der Waals surface area contributed by atoms with Gasteiger partial charge in [0.25, 0.3) is 0 Å². The van der Waals surface area contributed by atoms with Crippen molar-refractivity contribution in [1.82, 2.24) is 9.88 Å². The minimum absolute atomic E-state index is 0.153. The van der Waals surface area contributed by atoms with Crippen molar-refractivity contribution in [3.8, 4) is 11.5 Å². The molecule has 1 aliphatic heterocycles. The number of carbonyl (C=O) groups excluding carboxylic acids is 2. The van der Waals surface area contributed by atoms with Crippen LogP contribution in [0.25, 0.3) is 0 Å². The van der Waals surface area contributed by atoms with E-state index in [-0.39, 0.29) is 12.0 Å². The zero-order chi connectivity index (χ0) is 27.4. The van der Waals surface area contributed by atoms with Gasteiger partial charge in [-0.3, -0.25) is 9.69 Å². The summed E-state index contributed by atoms with van der Waals surface area (Å²) < 4.78 is 11.7. The highest BCUT2D eigenvalue weighted by atomic mass is 79.9. The number of anilines is 1. The van der Waals surface area contributed by atoms with E-state index >= 15 is 0 Å².